The van der Waals surface area contributed by atoms with Crippen LogP contribution in [0.15, 0.2) is 24.3 Å². The smallest absolute Gasteiger partial charge is 0.421 e. The van der Waals surface area contributed by atoms with E-state index in [1.165, 1.54) is 24.3 Å². The number of terminal acetylenes is 1. The van der Waals surface area contributed by atoms with Crippen molar-refractivity contribution in [2.75, 3.05) is 6.61 Å². The minimum atomic E-state index is -1.02. The Bertz CT molecular complexity index is 368. The molecule has 0 radical (unpaired) electrons. The molecule has 72 valence electrons. The summed E-state index contributed by atoms with van der Waals surface area (Å²) in [6.45, 7) is -0.201. The molecule has 0 saturated carbocycles. The molecule has 0 bridgehead atoms. The predicted octanol–water partition coefficient (Wildman–Crippen LogP) is 1.97. The first-order valence-corrected chi connectivity index (χ1v) is 3.76. The summed E-state index contributed by atoms with van der Waals surface area (Å²) in [5, 5.41) is 0. The molecule has 0 fully saturated rings. The topological polar surface area (TPSA) is 35.5 Å². The Balaban J connectivity index is 2.57. The van der Waals surface area contributed by atoms with Crippen LogP contribution in [0.4, 0.5) is 9.18 Å². The zero-order valence-electron chi connectivity index (χ0n) is 7.20. The van der Waals surface area contributed by atoms with Gasteiger partial charge in [0.05, 0.1) is 0 Å². The third kappa shape index (κ3) is 2.79. The monoisotopic (exact) mass is 194 g/mol. The highest BCUT2D eigenvalue weighted by molar-refractivity contribution is 5.64. The number of ether oxygens (including phenoxy) is 2. The van der Waals surface area contributed by atoms with Gasteiger partial charge in [0, 0.05) is 0 Å². The molecule has 0 aromatic heterocycles. The molecule has 14 heavy (non-hydrogen) atoms. The maximum atomic E-state index is 12.9. The largest absolute Gasteiger partial charge is 0.514 e. The molecule has 1 aromatic carbocycles. The van der Waals surface area contributed by atoms with Crippen LogP contribution < -0.4 is 4.74 Å². The Kier molecular flexibility index (Phi) is 3.50. The second-order valence-electron chi connectivity index (χ2n) is 2.28. The molecule has 0 N–H and O–H groups in total. The van der Waals surface area contributed by atoms with E-state index in [1.54, 1.807) is 0 Å². The van der Waals surface area contributed by atoms with E-state index in [1.807, 2.05) is 0 Å². The third-order valence-electron chi connectivity index (χ3n) is 1.30. The van der Waals surface area contributed by atoms with Crippen molar-refractivity contribution in [3.05, 3.63) is 30.1 Å². The van der Waals surface area contributed by atoms with Gasteiger partial charge < -0.3 is 9.47 Å². The van der Waals surface area contributed by atoms with Gasteiger partial charge in [-0.1, -0.05) is 18.1 Å². The van der Waals surface area contributed by atoms with E-state index >= 15 is 0 Å². The maximum absolute atomic E-state index is 12.9. The highest BCUT2D eigenvalue weighted by atomic mass is 19.1. The molecule has 0 amide bonds. The van der Waals surface area contributed by atoms with E-state index in [0.29, 0.717) is 0 Å². The lowest BCUT2D eigenvalue weighted by Crippen LogP contribution is -2.11. The number of hydrogen-bond donors (Lipinski definition) is 0. The minimum Gasteiger partial charge on any atom is -0.421 e. The van der Waals surface area contributed by atoms with Gasteiger partial charge in [0.15, 0.2) is 18.2 Å². The Morgan fingerprint density at radius 1 is 1.50 bits per heavy atom. The average molecular weight is 194 g/mol. The lowest BCUT2D eigenvalue weighted by Gasteiger charge is -2.03. The van der Waals surface area contributed by atoms with Crippen LogP contribution in [0.1, 0.15) is 0 Å². The predicted molar refractivity (Wildman–Crippen MR) is 47.2 cm³/mol. The molecule has 0 atom stereocenters. The Morgan fingerprint density at radius 3 is 2.86 bits per heavy atom. The van der Waals surface area contributed by atoms with Crippen LogP contribution >= 0.6 is 0 Å². The Labute approximate surface area is 80.4 Å². The first-order chi connectivity index (χ1) is 6.74. The minimum absolute atomic E-state index is 0.186. The van der Waals surface area contributed by atoms with Crippen LogP contribution in [0.2, 0.25) is 0 Å². The number of halogens is 1. The fourth-order valence-corrected chi connectivity index (χ4v) is 0.747. The summed E-state index contributed by atoms with van der Waals surface area (Å²) in [6, 6.07) is 5.50. The average Bonchev–Trinajstić information content (AvgIpc) is 2.18. The standard InChI is InChI=1S/C10H7FO3/c1-2-7-13-10(12)14-9-6-4-3-5-8(9)11/h1,3-6H,7H2. The molecule has 0 heterocycles. The molecule has 1 aromatic rings. The van der Waals surface area contributed by atoms with Crippen molar-refractivity contribution >= 4 is 6.16 Å². The van der Waals surface area contributed by atoms with Gasteiger partial charge in [0.2, 0.25) is 0 Å². The lowest BCUT2D eigenvalue weighted by molar-refractivity contribution is 0.109. The van der Waals surface area contributed by atoms with Crippen LogP contribution in [0, 0.1) is 18.2 Å². The number of rotatable bonds is 2. The van der Waals surface area contributed by atoms with Crippen molar-refractivity contribution in [3.63, 3.8) is 0 Å². The van der Waals surface area contributed by atoms with Crippen LogP contribution in [0.25, 0.3) is 0 Å². The van der Waals surface area contributed by atoms with Gasteiger partial charge in [-0.05, 0) is 12.1 Å². The van der Waals surface area contributed by atoms with Crippen LogP contribution in [-0.4, -0.2) is 12.8 Å². The summed E-state index contributed by atoms with van der Waals surface area (Å²) in [5.74, 6) is 1.26. The molecule has 0 saturated heterocycles. The van der Waals surface area contributed by atoms with Crippen molar-refractivity contribution < 1.29 is 18.7 Å². The molecule has 0 aliphatic rings. The number of para-hydroxylation sites is 1. The van der Waals surface area contributed by atoms with Gasteiger partial charge in [0.1, 0.15) is 0 Å². The summed E-state index contributed by atoms with van der Waals surface area (Å²) < 4.78 is 21.8. The first kappa shape index (κ1) is 10.1. The lowest BCUT2D eigenvalue weighted by atomic mass is 10.3. The van der Waals surface area contributed by atoms with E-state index in [-0.39, 0.29) is 12.4 Å². The van der Waals surface area contributed by atoms with Gasteiger partial charge in [-0.3, -0.25) is 0 Å². The molecule has 0 aliphatic carbocycles. The van der Waals surface area contributed by atoms with E-state index in [4.69, 9.17) is 6.42 Å². The third-order valence-corrected chi connectivity index (χ3v) is 1.30. The summed E-state index contributed by atoms with van der Waals surface area (Å²) >= 11 is 0. The molecule has 0 unspecified atom stereocenters. The highest BCUT2D eigenvalue weighted by Crippen LogP contribution is 2.15. The molecule has 3 nitrogen and oxygen atoms in total. The number of benzene rings is 1. The fraction of sp³-hybridized carbons (Fsp3) is 0.100. The number of carbonyl (C=O) groups is 1. The van der Waals surface area contributed by atoms with Crippen molar-refractivity contribution in [1.82, 2.24) is 0 Å². The summed E-state index contributed by atoms with van der Waals surface area (Å²) in [7, 11) is 0. The van der Waals surface area contributed by atoms with Crippen molar-refractivity contribution in [1.29, 1.82) is 0 Å². The zero-order chi connectivity index (χ0) is 10.4. The zero-order valence-corrected chi connectivity index (χ0v) is 7.20. The quantitative estimate of drug-likeness (QED) is 0.410. The molecule has 4 heteroatoms. The number of hydrogen-bond acceptors (Lipinski definition) is 3. The second kappa shape index (κ2) is 4.87. The highest BCUT2D eigenvalue weighted by Gasteiger charge is 2.08. The van der Waals surface area contributed by atoms with Crippen LogP contribution in [0.5, 0.6) is 5.75 Å². The Hall–Kier alpha value is -2.02. The maximum Gasteiger partial charge on any atom is 0.514 e. The molecular formula is C10H7FO3. The van der Waals surface area contributed by atoms with E-state index in [0.717, 1.165) is 0 Å². The van der Waals surface area contributed by atoms with E-state index in [2.05, 4.69) is 15.4 Å². The van der Waals surface area contributed by atoms with Crippen LogP contribution in [-0.2, 0) is 4.74 Å². The van der Waals surface area contributed by atoms with Crippen molar-refractivity contribution in [2.24, 2.45) is 0 Å². The normalized spacial score (nSPS) is 8.86. The van der Waals surface area contributed by atoms with Gasteiger partial charge in [0.25, 0.3) is 0 Å². The van der Waals surface area contributed by atoms with E-state index < -0.39 is 12.0 Å². The van der Waals surface area contributed by atoms with Gasteiger partial charge in [-0.25, -0.2) is 9.18 Å². The summed E-state index contributed by atoms with van der Waals surface area (Å²) in [6.07, 6.45) is 3.82. The Morgan fingerprint density at radius 2 is 2.21 bits per heavy atom. The second-order valence-corrected chi connectivity index (χ2v) is 2.28. The van der Waals surface area contributed by atoms with Gasteiger partial charge in [-0.15, -0.1) is 6.42 Å². The van der Waals surface area contributed by atoms with Gasteiger partial charge in [-0.2, -0.15) is 0 Å². The first-order valence-electron chi connectivity index (χ1n) is 3.76. The summed E-state index contributed by atoms with van der Waals surface area (Å²) in [5.41, 5.74) is 0. The van der Waals surface area contributed by atoms with Crippen molar-refractivity contribution in [2.45, 2.75) is 0 Å². The number of carbonyl (C=O) groups excluding carboxylic acids is 1. The van der Waals surface area contributed by atoms with Crippen LogP contribution in [0.3, 0.4) is 0 Å². The fourth-order valence-electron chi connectivity index (χ4n) is 0.747. The van der Waals surface area contributed by atoms with E-state index in [9.17, 15) is 9.18 Å². The van der Waals surface area contributed by atoms with Gasteiger partial charge >= 0.3 is 6.16 Å². The molecular weight excluding hydrogens is 187 g/mol. The molecule has 0 aliphatic heterocycles. The van der Waals surface area contributed by atoms with Crippen molar-refractivity contribution in [3.8, 4) is 18.1 Å². The molecule has 1 rings (SSSR count). The molecule has 0 spiro atoms. The SMILES string of the molecule is C#CCOC(=O)Oc1ccccc1F. The summed E-state index contributed by atoms with van der Waals surface area (Å²) in [4.78, 5) is 10.8.